The van der Waals surface area contributed by atoms with Gasteiger partial charge in [-0.25, -0.2) is 0 Å². The molecule has 0 amide bonds. The van der Waals surface area contributed by atoms with E-state index in [2.05, 4.69) is 10.3 Å². The van der Waals surface area contributed by atoms with Crippen molar-refractivity contribution in [3.8, 4) is 0 Å². The maximum absolute atomic E-state index is 8.72. The molecule has 4 heteroatoms. The predicted molar refractivity (Wildman–Crippen MR) is 26.9 cm³/mol. The molecule has 1 aromatic heterocycles. The minimum Gasteiger partial charge on any atom is -0.390 e. The third kappa shape index (κ3) is 0.840. The molecule has 1 N–H and O–H groups in total. The molecule has 0 saturated heterocycles. The Morgan fingerprint density at radius 2 is 2.88 bits per heavy atom. The van der Waals surface area contributed by atoms with Gasteiger partial charge in [0, 0.05) is 7.05 Å². The maximum atomic E-state index is 8.72. The van der Waals surface area contributed by atoms with Crippen LogP contribution in [0.5, 0.6) is 0 Å². The van der Waals surface area contributed by atoms with Crippen molar-refractivity contribution in [1.82, 2.24) is 15.0 Å². The van der Waals surface area contributed by atoms with Gasteiger partial charge < -0.3 is 5.11 Å². The molecule has 0 aromatic carbocycles. The van der Waals surface area contributed by atoms with Gasteiger partial charge in [0.25, 0.3) is 0 Å². The Kier molecular flexibility index (Phi) is 0.764. The Labute approximate surface area is 49.6 Å². The van der Waals surface area contributed by atoms with E-state index in [1.165, 1.54) is 10.9 Å². The molecular weight excluding hydrogens is 106 g/mol. The van der Waals surface area contributed by atoms with Gasteiger partial charge in [-0.2, -0.15) is 0 Å². The van der Waals surface area contributed by atoms with Gasteiger partial charge in [0.1, 0.15) is 5.69 Å². The summed E-state index contributed by atoms with van der Waals surface area (Å²) >= 11 is 0. The van der Waals surface area contributed by atoms with Gasteiger partial charge in [0.2, 0.25) is 0 Å². The highest BCUT2D eigenvalue weighted by Gasteiger charge is 1.91. The first-order valence-corrected chi connectivity index (χ1v) is 2.09. The van der Waals surface area contributed by atoms with Gasteiger partial charge >= 0.3 is 0 Å². The van der Waals surface area contributed by atoms with E-state index in [4.69, 9.17) is 7.85 Å². The molecule has 0 unspecified atom stereocenters. The Hall–Kier alpha value is -0.900. The van der Waals surface area contributed by atoms with Crippen LogP contribution in [0.4, 0.5) is 0 Å². The molecule has 0 spiro atoms. The van der Waals surface area contributed by atoms with Gasteiger partial charge in [-0.15, -0.1) is 5.10 Å². The summed E-state index contributed by atoms with van der Waals surface area (Å²) in [7, 11) is 1.60. The second kappa shape index (κ2) is 1.92. The smallest absolute Gasteiger partial charge is 0.108 e. The van der Waals surface area contributed by atoms with Crippen molar-refractivity contribution < 1.29 is 7.85 Å². The van der Waals surface area contributed by atoms with Crippen molar-refractivity contribution in [2.24, 2.45) is 7.05 Å². The summed E-state index contributed by atoms with van der Waals surface area (Å²) in [5, 5.41) is 15.5. The Morgan fingerprint density at radius 3 is 3.12 bits per heavy atom. The Morgan fingerprint density at radius 1 is 2.12 bits per heavy atom. The van der Waals surface area contributed by atoms with Gasteiger partial charge in [-0.3, -0.25) is 4.68 Å². The van der Waals surface area contributed by atoms with E-state index in [9.17, 15) is 0 Å². The molecule has 1 heterocycles. The summed E-state index contributed by atoms with van der Waals surface area (Å²) in [6, 6.07) is 0. The lowest BCUT2D eigenvalue weighted by Crippen LogP contribution is -1.85. The molecule has 0 atom stereocenters. The Balaban J connectivity index is 2.96. The summed E-state index contributed by atoms with van der Waals surface area (Å²) in [5.74, 6) is 0. The van der Waals surface area contributed by atoms with Crippen molar-refractivity contribution in [2.75, 3.05) is 0 Å². The van der Waals surface area contributed by atoms with Crippen LogP contribution in [0.2, 0.25) is 0 Å². The van der Waals surface area contributed by atoms with Crippen molar-refractivity contribution >= 4 is 0 Å². The van der Waals surface area contributed by atoms with Crippen molar-refractivity contribution in [2.45, 2.75) is 6.56 Å². The van der Waals surface area contributed by atoms with Gasteiger partial charge in [0.15, 0.2) is 0 Å². The summed E-state index contributed by atoms with van der Waals surface area (Å²) in [6.07, 6.45) is 1.32. The highest BCUT2D eigenvalue weighted by atomic mass is 16.3. The summed E-state index contributed by atoms with van der Waals surface area (Å²) in [6.45, 7) is -2.38. The number of hydrogen-bond acceptors (Lipinski definition) is 3. The zero-order chi connectivity index (χ0) is 7.78. The molecule has 0 aliphatic rings. The molecule has 4 nitrogen and oxygen atoms in total. The lowest BCUT2D eigenvalue weighted by Gasteiger charge is -1.78. The monoisotopic (exact) mass is 115 g/mol. The molecule has 0 saturated carbocycles. The molecule has 0 fully saturated rings. The Bertz CT molecular complexity index is 229. The molecule has 1 rings (SSSR count). The second-order valence-corrected chi connectivity index (χ2v) is 1.39. The standard InChI is InChI=1S/C4H7N3O/c1-7-2-4(3-8)5-6-7/h2,8H,3H2,1H3/i3D2. The third-order valence-corrected chi connectivity index (χ3v) is 0.717. The van der Waals surface area contributed by atoms with Crippen LogP contribution in [-0.2, 0) is 13.6 Å². The van der Waals surface area contributed by atoms with Crippen LogP contribution in [0, 0.1) is 0 Å². The fraction of sp³-hybridized carbons (Fsp3) is 0.500. The molecule has 8 heavy (non-hydrogen) atoms. The fourth-order valence-electron chi connectivity index (χ4n) is 0.399. The average molecular weight is 115 g/mol. The molecular formula is C4H7N3O. The van der Waals surface area contributed by atoms with Crippen molar-refractivity contribution in [3.05, 3.63) is 11.9 Å². The van der Waals surface area contributed by atoms with E-state index < -0.39 is 6.56 Å². The lowest BCUT2D eigenvalue weighted by molar-refractivity contribution is 0.276. The van der Waals surface area contributed by atoms with Gasteiger partial charge in [-0.1, -0.05) is 5.21 Å². The van der Waals surface area contributed by atoms with E-state index in [1.54, 1.807) is 7.05 Å². The third-order valence-electron chi connectivity index (χ3n) is 0.717. The van der Waals surface area contributed by atoms with Gasteiger partial charge in [-0.05, 0) is 0 Å². The SMILES string of the molecule is [2H]C([2H])(O)c1cn(C)nn1. The number of hydrogen-bond donors (Lipinski definition) is 1. The van der Waals surface area contributed by atoms with E-state index in [0.29, 0.717) is 0 Å². The highest BCUT2D eigenvalue weighted by Crippen LogP contribution is 1.87. The topological polar surface area (TPSA) is 50.9 Å². The lowest BCUT2D eigenvalue weighted by atomic mass is 10.5. The van der Waals surface area contributed by atoms with Crippen LogP contribution in [0.15, 0.2) is 6.20 Å². The summed E-state index contributed by atoms with van der Waals surface area (Å²) < 4.78 is 14.9. The van der Waals surface area contributed by atoms with E-state index in [0.717, 1.165) is 0 Å². The largest absolute Gasteiger partial charge is 0.390 e. The maximum Gasteiger partial charge on any atom is 0.108 e. The minimum atomic E-state index is -2.38. The molecule has 0 aliphatic carbocycles. The second-order valence-electron chi connectivity index (χ2n) is 1.39. The molecule has 0 radical (unpaired) electrons. The van der Waals surface area contributed by atoms with Crippen molar-refractivity contribution in [1.29, 1.82) is 0 Å². The van der Waals surface area contributed by atoms with Crippen LogP contribution < -0.4 is 0 Å². The summed E-state index contributed by atoms with van der Waals surface area (Å²) in [4.78, 5) is 0. The average Bonchev–Trinajstić information content (AvgIpc) is 2.11. The summed E-state index contributed by atoms with van der Waals surface area (Å²) in [5.41, 5.74) is -0.0741. The van der Waals surface area contributed by atoms with Crippen LogP contribution in [0.25, 0.3) is 0 Å². The molecule has 1 aromatic rings. The number of aliphatic hydroxyl groups is 1. The van der Waals surface area contributed by atoms with Crippen LogP contribution >= 0.6 is 0 Å². The van der Waals surface area contributed by atoms with E-state index in [-0.39, 0.29) is 5.69 Å². The number of nitrogens with zero attached hydrogens (tertiary/aromatic N) is 3. The molecule has 0 bridgehead atoms. The minimum absolute atomic E-state index is 0.0741. The van der Waals surface area contributed by atoms with E-state index >= 15 is 0 Å². The van der Waals surface area contributed by atoms with Crippen LogP contribution in [-0.4, -0.2) is 20.1 Å². The first-order valence-electron chi connectivity index (χ1n) is 3.09. The van der Waals surface area contributed by atoms with Crippen LogP contribution in [0.3, 0.4) is 0 Å². The quantitative estimate of drug-likeness (QED) is 0.527. The zero-order valence-electron chi connectivity index (χ0n) is 6.37. The van der Waals surface area contributed by atoms with Gasteiger partial charge in [0.05, 0.1) is 15.5 Å². The fourth-order valence-corrected chi connectivity index (χ4v) is 0.399. The first kappa shape index (κ1) is 3.19. The van der Waals surface area contributed by atoms with E-state index in [1.807, 2.05) is 0 Å². The molecule has 0 aliphatic heterocycles. The number of aromatic nitrogens is 3. The first-order chi connectivity index (χ1) is 4.50. The predicted octanol–water partition coefficient (Wildman–Crippen LogP) is -0.693. The highest BCUT2D eigenvalue weighted by molar-refractivity contribution is 4.87. The molecule has 44 valence electrons. The number of rotatable bonds is 1. The van der Waals surface area contributed by atoms with Crippen molar-refractivity contribution in [3.63, 3.8) is 0 Å². The van der Waals surface area contributed by atoms with Crippen LogP contribution in [0.1, 0.15) is 8.44 Å². The normalized spacial score (nSPS) is 15.2. The zero-order valence-corrected chi connectivity index (χ0v) is 4.37. The number of aryl methyl sites for hydroxylation is 1.